The second-order valence-corrected chi connectivity index (χ2v) is 5.76. The van der Waals surface area contributed by atoms with E-state index in [1.807, 2.05) is 0 Å². The van der Waals surface area contributed by atoms with Crippen molar-refractivity contribution in [3.05, 3.63) is 55.6 Å². The topological polar surface area (TPSA) is 55.1 Å². The summed E-state index contributed by atoms with van der Waals surface area (Å²) >= 11 is 14.0. The molecule has 0 fully saturated rings. The molecule has 98 valence electrons. The highest BCUT2D eigenvalue weighted by Crippen LogP contribution is 2.26. The largest absolute Gasteiger partial charge is 0.398 e. The molecule has 0 spiro atoms. The predicted octanol–water partition coefficient (Wildman–Crippen LogP) is 4.43. The van der Waals surface area contributed by atoms with Gasteiger partial charge in [-0.2, -0.15) is 0 Å². The molecule has 0 radical (unpaired) electrons. The van der Waals surface area contributed by atoms with E-state index in [1.165, 1.54) is 0 Å². The number of anilines is 2. The normalized spacial score (nSPS) is 10.3. The second-order valence-electron chi connectivity index (χ2n) is 3.79. The molecule has 19 heavy (non-hydrogen) atoms. The van der Waals surface area contributed by atoms with Crippen molar-refractivity contribution in [3.8, 4) is 0 Å². The maximum atomic E-state index is 12.1. The lowest BCUT2D eigenvalue weighted by Crippen LogP contribution is -2.13. The minimum absolute atomic E-state index is 0.254. The zero-order valence-electron chi connectivity index (χ0n) is 9.58. The van der Waals surface area contributed by atoms with Crippen LogP contribution in [-0.4, -0.2) is 5.91 Å². The molecule has 0 aliphatic rings. The van der Waals surface area contributed by atoms with Crippen LogP contribution >= 0.6 is 45.8 Å². The van der Waals surface area contributed by atoms with Crippen molar-refractivity contribution in [1.82, 2.24) is 0 Å². The number of rotatable bonds is 2. The molecule has 2 aromatic rings. The quantitative estimate of drug-likeness (QED) is 0.572. The minimum atomic E-state index is -0.308. The van der Waals surface area contributed by atoms with Crippen molar-refractivity contribution >= 4 is 63.1 Å². The molecule has 0 aliphatic heterocycles. The molecule has 1 amide bonds. The fourth-order valence-corrected chi connectivity index (χ4v) is 2.72. The Bertz CT molecular complexity index is 647. The third-order valence-electron chi connectivity index (χ3n) is 2.45. The molecule has 0 saturated carbocycles. The summed E-state index contributed by atoms with van der Waals surface area (Å²) in [7, 11) is 0. The predicted molar refractivity (Wildman–Crippen MR) is 88.0 cm³/mol. The summed E-state index contributed by atoms with van der Waals surface area (Å²) in [5.41, 5.74) is 7.06. The van der Waals surface area contributed by atoms with Gasteiger partial charge in [0.25, 0.3) is 5.91 Å². The van der Waals surface area contributed by atoms with Crippen LogP contribution in [0.1, 0.15) is 10.4 Å². The van der Waals surface area contributed by atoms with Gasteiger partial charge in [-0.25, -0.2) is 0 Å². The number of carbonyl (C=O) groups is 1. The fraction of sp³-hybridized carbons (Fsp3) is 0. The smallest absolute Gasteiger partial charge is 0.257 e. The lowest BCUT2D eigenvalue weighted by molar-refractivity contribution is 0.102. The Balaban J connectivity index is 2.28. The molecule has 3 N–H and O–H groups in total. The van der Waals surface area contributed by atoms with Gasteiger partial charge in [0.15, 0.2) is 0 Å². The number of amides is 1. The first-order valence-corrected chi connectivity index (χ1v) is 7.13. The summed E-state index contributed by atoms with van der Waals surface area (Å²) in [6.07, 6.45) is 0. The molecule has 2 rings (SSSR count). The molecular formula is C13H9Cl2IN2O. The van der Waals surface area contributed by atoms with Crippen LogP contribution in [0.4, 0.5) is 11.4 Å². The first-order chi connectivity index (χ1) is 8.99. The van der Waals surface area contributed by atoms with Gasteiger partial charge in [0.05, 0.1) is 22.0 Å². The van der Waals surface area contributed by atoms with Crippen LogP contribution in [0.3, 0.4) is 0 Å². The first-order valence-electron chi connectivity index (χ1n) is 5.29. The summed E-state index contributed by atoms with van der Waals surface area (Å²) in [5, 5.41) is 3.65. The Hall–Kier alpha value is -0.980. The zero-order valence-corrected chi connectivity index (χ0v) is 13.3. The van der Waals surface area contributed by atoms with Crippen LogP contribution in [-0.2, 0) is 0 Å². The van der Waals surface area contributed by atoms with E-state index in [2.05, 4.69) is 27.9 Å². The standard InChI is InChI=1S/C13H9Cl2IN2O/c14-7-4-5-11(9(16)6-7)18-13(19)8-2-1-3-10(17)12(8)15/h1-6H,17H2,(H,18,19). The number of hydrogen-bond acceptors (Lipinski definition) is 2. The Morgan fingerprint density at radius 3 is 2.63 bits per heavy atom. The molecule has 0 heterocycles. The van der Waals surface area contributed by atoms with E-state index in [9.17, 15) is 4.79 Å². The third-order valence-corrected chi connectivity index (χ3v) is 4.00. The van der Waals surface area contributed by atoms with E-state index < -0.39 is 0 Å². The van der Waals surface area contributed by atoms with Crippen LogP contribution in [0.5, 0.6) is 0 Å². The number of halogens is 3. The van der Waals surface area contributed by atoms with Gasteiger partial charge in [-0.3, -0.25) is 4.79 Å². The van der Waals surface area contributed by atoms with Crippen LogP contribution in [0.15, 0.2) is 36.4 Å². The molecule has 0 saturated heterocycles. The molecule has 0 unspecified atom stereocenters. The van der Waals surface area contributed by atoms with Crippen molar-refractivity contribution in [3.63, 3.8) is 0 Å². The van der Waals surface area contributed by atoms with E-state index in [0.29, 0.717) is 22.0 Å². The van der Waals surface area contributed by atoms with Crippen molar-refractivity contribution in [2.24, 2.45) is 0 Å². The summed E-state index contributed by atoms with van der Waals surface area (Å²) < 4.78 is 0.846. The number of nitrogens with two attached hydrogens (primary N) is 1. The highest BCUT2D eigenvalue weighted by atomic mass is 127. The van der Waals surface area contributed by atoms with E-state index in [4.69, 9.17) is 28.9 Å². The summed E-state index contributed by atoms with van der Waals surface area (Å²) in [6.45, 7) is 0. The SMILES string of the molecule is Nc1cccc(C(=O)Nc2ccc(Cl)cc2I)c1Cl. The Kier molecular flexibility index (Phi) is 4.54. The van der Waals surface area contributed by atoms with E-state index in [0.717, 1.165) is 3.57 Å². The van der Waals surface area contributed by atoms with Crippen molar-refractivity contribution in [2.75, 3.05) is 11.1 Å². The van der Waals surface area contributed by atoms with Gasteiger partial charge >= 0.3 is 0 Å². The second kappa shape index (κ2) is 5.98. The first kappa shape index (κ1) is 14.4. The number of nitrogen functional groups attached to an aromatic ring is 1. The van der Waals surface area contributed by atoms with Crippen LogP contribution in [0.25, 0.3) is 0 Å². The number of carbonyl (C=O) groups excluding carboxylic acids is 1. The highest BCUT2D eigenvalue weighted by Gasteiger charge is 2.13. The van der Waals surface area contributed by atoms with Crippen LogP contribution < -0.4 is 11.1 Å². The van der Waals surface area contributed by atoms with E-state index >= 15 is 0 Å². The third kappa shape index (κ3) is 3.32. The molecule has 3 nitrogen and oxygen atoms in total. The van der Waals surface area contributed by atoms with Gasteiger partial charge in [-0.1, -0.05) is 29.3 Å². The molecule has 0 bridgehead atoms. The van der Waals surface area contributed by atoms with E-state index in [1.54, 1.807) is 36.4 Å². The Labute approximate surface area is 134 Å². The lowest BCUT2D eigenvalue weighted by atomic mass is 10.2. The highest BCUT2D eigenvalue weighted by molar-refractivity contribution is 14.1. The van der Waals surface area contributed by atoms with Crippen molar-refractivity contribution in [1.29, 1.82) is 0 Å². The van der Waals surface area contributed by atoms with E-state index in [-0.39, 0.29) is 10.9 Å². The lowest BCUT2D eigenvalue weighted by Gasteiger charge is -2.09. The average molecular weight is 407 g/mol. The fourth-order valence-electron chi connectivity index (χ4n) is 1.51. The van der Waals surface area contributed by atoms with Crippen LogP contribution in [0.2, 0.25) is 10.0 Å². The van der Waals surface area contributed by atoms with Crippen molar-refractivity contribution in [2.45, 2.75) is 0 Å². The minimum Gasteiger partial charge on any atom is -0.398 e. The monoisotopic (exact) mass is 406 g/mol. The molecule has 6 heteroatoms. The maximum absolute atomic E-state index is 12.1. The summed E-state index contributed by atoms with van der Waals surface area (Å²) in [5.74, 6) is -0.308. The zero-order chi connectivity index (χ0) is 14.0. The summed E-state index contributed by atoms with van der Waals surface area (Å²) in [6, 6.07) is 10.2. The molecule has 0 atom stereocenters. The Morgan fingerprint density at radius 2 is 1.95 bits per heavy atom. The van der Waals surface area contributed by atoms with Gasteiger partial charge < -0.3 is 11.1 Å². The van der Waals surface area contributed by atoms with Gasteiger partial charge in [0.1, 0.15) is 0 Å². The number of benzene rings is 2. The maximum Gasteiger partial charge on any atom is 0.257 e. The summed E-state index contributed by atoms with van der Waals surface area (Å²) in [4.78, 5) is 12.1. The number of hydrogen-bond donors (Lipinski definition) is 2. The average Bonchev–Trinajstić information content (AvgIpc) is 2.36. The van der Waals surface area contributed by atoms with Gasteiger partial charge in [0.2, 0.25) is 0 Å². The molecule has 0 aliphatic carbocycles. The number of nitrogens with one attached hydrogen (secondary N) is 1. The van der Waals surface area contributed by atoms with Gasteiger partial charge in [-0.05, 0) is 52.9 Å². The van der Waals surface area contributed by atoms with Crippen LogP contribution in [0, 0.1) is 3.57 Å². The van der Waals surface area contributed by atoms with Gasteiger partial charge in [0, 0.05) is 8.59 Å². The molecule has 0 aromatic heterocycles. The molecule has 2 aromatic carbocycles. The Morgan fingerprint density at radius 1 is 1.21 bits per heavy atom. The van der Waals surface area contributed by atoms with Crippen molar-refractivity contribution < 1.29 is 4.79 Å². The molecular weight excluding hydrogens is 398 g/mol. The van der Waals surface area contributed by atoms with Gasteiger partial charge in [-0.15, -0.1) is 0 Å².